The number of aromatic nitrogens is 1. The number of aliphatic hydroxyl groups is 1. The molecule has 1 unspecified atom stereocenters. The molecule has 4 nitrogen and oxygen atoms in total. The summed E-state index contributed by atoms with van der Waals surface area (Å²) >= 11 is 0. The van der Waals surface area contributed by atoms with Crippen molar-refractivity contribution in [3.63, 3.8) is 0 Å². The van der Waals surface area contributed by atoms with Crippen LogP contribution in [0.1, 0.15) is 25.0 Å². The average Bonchev–Trinajstić information content (AvgIpc) is 2.76. The molecule has 2 aliphatic rings. The Balaban J connectivity index is 1.78. The van der Waals surface area contributed by atoms with Gasteiger partial charge in [0.25, 0.3) is 0 Å². The van der Waals surface area contributed by atoms with Crippen LogP contribution in [0.2, 0.25) is 0 Å². The third-order valence-corrected chi connectivity index (χ3v) is 4.13. The first-order valence-electron chi connectivity index (χ1n) is 6.91. The second kappa shape index (κ2) is 5.24. The molecule has 0 saturated carbocycles. The summed E-state index contributed by atoms with van der Waals surface area (Å²) in [6.45, 7) is 4.77. The second-order valence-corrected chi connectivity index (χ2v) is 5.30. The van der Waals surface area contributed by atoms with Gasteiger partial charge in [0.1, 0.15) is 0 Å². The summed E-state index contributed by atoms with van der Waals surface area (Å²) in [5, 5.41) is 9.18. The van der Waals surface area contributed by atoms with E-state index in [-0.39, 0.29) is 6.61 Å². The number of nitrogens with zero attached hydrogens (tertiary/aromatic N) is 3. The van der Waals surface area contributed by atoms with Crippen LogP contribution in [-0.4, -0.2) is 47.2 Å². The van der Waals surface area contributed by atoms with Crippen molar-refractivity contribution in [3.05, 3.63) is 24.0 Å². The van der Waals surface area contributed by atoms with Gasteiger partial charge in [-0.05, 0) is 37.9 Å². The summed E-state index contributed by atoms with van der Waals surface area (Å²) in [5.41, 5.74) is 1.97. The van der Waals surface area contributed by atoms with Gasteiger partial charge in [-0.3, -0.25) is 9.88 Å². The lowest BCUT2D eigenvalue weighted by Gasteiger charge is -2.27. The van der Waals surface area contributed by atoms with Crippen LogP contribution < -0.4 is 4.90 Å². The number of hydrogen-bond acceptors (Lipinski definition) is 4. The number of aliphatic hydroxyl groups excluding tert-OH is 1. The lowest BCUT2D eigenvalue weighted by atomic mass is 10.2. The van der Waals surface area contributed by atoms with E-state index in [4.69, 9.17) is 0 Å². The van der Waals surface area contributed by atoms with Crippen LogP contribution in [-0.2, 0) is 6.61 Å². The van der Waals surface area contributed by atoms with Gasteiger partial charge >= 0.3 is 0 Å². The van der Waals surface area contributed by atoms with Gasteiger partial charge in [0, 0.05) is 37.6 Å². The molecule has 2 aliphatic heterocycles. The van der Waals surface area contributed by atoms with Crippen molar-refractivity contribution in [3.8, 4) is 0 Å². The molecule has 0 radical (unpaired) electrons. The maximum absolute atomic E-state index is 9.18. The summed E-state index contributed by atoms with van der Waals surface area (Å²) in [4.78, 5) is 9.24. The van der Waals surface area contributed by atoms with E-state index in [1.807, 2.05) is 6.07 Å². The zero-order chi connectivity index (χ0) is 12.4. The molecule has 98 valence electrons. The Hall–Kier alpha value is -1.13. The third-order valence-electron chi connectivity index (χ3n) is 4.13. The highest BCUT2D eigenvalue weighted by Crippen LogP contribution is 2.25. The highest BCUT2D eigenvalue weighted by atomic mass is 16.3. The molecule has 2 saturated heterocycles. The molecule has 18 heavy (non-hydrogen) atoms. The maximum atomic E-state index is 9.18. The highest BCUT2D eigenvalue weighted by Gasteiger charge is 2.28. The average molecular weight is 247 g/mol. The molecule has 0 aromatic carbocycles. The van der Waals surface area contributed by atoms with Gasteiger partial charge in [-0.1, -0.05) is 0 Å². The van der Waals surface area contributed by atoms with E-state index in [9.17, 15) is 5.11 Å². The van der Waals surface area contributed by atoms with Crippen molar-refractivity contribution in [2.75, 3.05) is 31.1 Å². The molecule has 0 amide bonds. The smallest absolute Gasteiger partial charge is 0.0853 e. The lowest BCUT2D eigenvalue weighted by Crippen LogP contribution is -2.36. The molecule has 2 fully saturated rings. The fourth-order valence-corrected chi connectivity index (χ4v) is 3.19. The highest BCUT2D eigenvalue weighted by molar-refractivity contribution is 5.47. The molecule has 0 aliphatic carbocycles. The van der Waals surface area contributed by atoms with E-state index >= 15 is 0 Å². The van der Waals surface area contributed by atoms with E-state index in [1.165, 1.54) is 38.0 Å². The Bertz CT molecular complexity index is 410. The molecule has 1 atom stereocenters. The first-order chi connectivity index (χ1) is 8.86. The molecule has 3 heterocycles. The molecule has 0 spiro atoms. The normalized spacial score (nSPS) is 24.9. The van der Waals surface area contributed by atoms with E-state index in [0.29, 0.717) is 0 Å². The Morgan fingerprint density at radius 3 is 3.06 bits per heavy atom. The Labute approximate surface area is 108 Å². The largest absolute Gasteiger partial charge is 0.390 e. The van der Waals surface area contributed by atoms with Crippen LogP contribution in [0.4, 0.5) is 5.69 Å². The first kappa shape index (κ1) is 11.9. The third kappa shape index (κ3) is 2.35. The monoisotopic (exact) mass is 247 g/mol. The summed E-state index contributed by atoms with van der Waals surface area (Å²) in [6, 6.07) is 4.80. The van der Waals surface area contributed by atoms with Crippen molar-refractivity contribution in [1.82, 2.24) is 9.88 Å². The van der Waals surface area contributed by atoms with Crippen LogP contribution in [0.15, 0.2) is 18.3 Å². The van der Waals surface area contributed by atoms with Crippen molar-refractivity contribution in [2.45, 2.75) is 31.9 Å². The van der Waals surface area contributed by atoms with Crippen LogP contribution in [0.25, 0.3) is 0 Å². The second-order valence-electron chi connectivity index (χ2n) is 5.30. The van der Waals surface area contributed by atoms with Crippen molar-refractivity contribution < 1.29 is 5.11 Å². The topological polar surface area (TPSA) is 39.6 Å². The van der Waals surface area contributed by atoms with E-state index in [1.54, 1.807) is 6.20 Å². The van der Waals surface area contributed by atoms with Gasteiger partial charge in [-0.2, -0.15) is 0 Å². The Morgan fingerprint density at radius 2 is 2.17 bits per heavy atom. The van der Waals surface area contributed by atoms with Crippen LogP contribution in [0.3, 0.4) is 0 Å². The van der Waals surface area contributed by atoms with Crippen molar-refractivity contribution >= 4 is 5.69 Å². The van der Waals surface area contributed by atoms with Crippen LogP contribution in [0.5, 0.6) is 0 Å². The zero-order valence-electron chi connectivity index (χ0n) is 10.8. The zero-order valence-corrected chi connectivity index (χ0v) is 10.8. The van der Waals surface area contributed by atoms with Gasteiger partial charge in [0.05, 0.1) is 12.3 Å². The minimum absolute atomic E-state index is 0.0250. The fourth-order valence-electron chi connectivity index (χ4n) is 3.19. The predicted molar refractivity (Wildman–Crippen MR) is 71.6 cm³/mol. The molecule has 1 aromatic rings. The van der Waals surface area contributed by atoms with Gasteiger partial charge < -0.3 is 10.0 Å². The SMILES string of the molecule is OCc1cc(N2CCCN3CCCC3C2)ccn1. The summed E-state index contributed by atoms with van der Waals surface area (Å²) in [6.07, 6.45) is 5.71. The molecule has 3 rings (SSSR count). The standard InChI is InChI=1S/C14H21N3O/c18-11-12-9-13(4-5-15-12)17-8-2-7-16-6-1-3-14(16)10-17/h4-5,9,14,18H,1-3,6-8,10-11H2. The quantitative estimate of drug-likeness (QED) is 0.854. The molecular weight excluding hydrogens is 226 g/mol. The molecule has 0 bridgehead atoms. The summed E-state index contributed by atoms with van der Waals surface area (Å²) in [5.74, 6) is 0. The van der Waals surface area contributed by atoms with Gasteiger partial charge in [0.15, 0.2) is 0 Å². The van der Waals surface area contributed by atoms with Crippen LogP contribution >= 0.6 is 0 Å². The molecular formula is C14H21N3O. The summed E-state index contributed by atoms with van der Waals surface area (Å²) < 4.78 is 0. The van der Waals surface area contributed by atoms with E-state index in [2.05, 4.69) is 20.9 Å². The summed E-state index contributed by atoms with van der Waals surface area (Å²) in [7, 11) is 0. The van der Waals surface area contributed by atoms with Crippen molar-refractivity contribution in [2.24, 2.45) is 0 Å². The molecule has 1 N–H and O–H groups in total. The molecule has 1 aromatic heterocycles. The number of rotatable bonds is 2. The number of anilines is 1. The minimum atomic E-state index is 0.0250. The lowest BCUT2D eigenvalue weighted by molar-refractivity contribution is 0.273. The van der Waals surface area contributed by atoms with Gasteiger partial charge in [-0.25, -0.2) is 0 Å². The van der Waals surface area contributed by atoms with Gasteiger partial charge in [0.2, 0.25) is 0 Å². The Kier molecular flexibility index (Phi) is 3.48. The van der Waals surface area contributed by atoms with E-state index < -0.39 is 0 Å². The molecule has 4 heteroatoms. The van der Waals surface area contributed by atoms with Gasteiger partial charge in [-0.15, -0.1) is 0 Å². The predicted octanol–water partition coefficient (Wildman–Crippen LogP) is 1.25. The van der Waals surface area contributed by atoms with E-state index in [0.717, 1.165) is 24.8 Å². The first-order valence-corrected chi connectivity index (χ1v) is 6.91. The van der Waals surface area contributed by atoms with Crippen LogP contribution in [0, 0.1) is 0 Å². The van der Waals surface area contributed by atoms with Crippen molar-refractivity contribution in [1.29, 1.82) is 0 Å². The number of fused-ring (bicyclic) bond motifs is 1. The fraction of sp³-hybridized carbons (Fsp3) is 0.643. The Morgan fingerprint density at radius 1 is 1.28 bits per heavy atom. The number of pyridine rings is 1. The number of hydrogen-bond donors (Lipinski definition) is 1. The maximum Gasteiger partial charge on any atom is 0.0853 e. The minimum Gasteiger partial charge on any atom is -0.390 e.